The summed E-state index contributed by atoms with van der Waals surface area (Å²) in [4.78, 5) is 32.2. The second kappa shape index (κ2) is 13.7. The summed E-state index contributed by atoms with van der Waals surface area (Å²) in [6, 6.07) is 13.5. The summed E-state index contributed by atoms with van der Waals surface area (Å²) in [5.41, 5.74) is 3.68. The van der Waals surface area contributed by atoms with E-state index in [2.05, 4.69) is 20.3 Å². The molecule has 8 nitrogen and oxygen atoms in total. The normalized spacial score (nSPS) is 14.3. The van der Waals surface area contributed by atoms with Gasteiger partial charge in [0.05, 0.1) is 11.9 Å². The van der Waals surface area contributed by atoms with E-state index >= 15 is 0 Å². The molecule has 0 aliphatic carbocycles. The fraction of sp³-hybridized carbons (Fsp3) is 0.400. The Bertz CT molecular complexity index is 1450. The Hall–Kier alpha value is -4.01. The van der Waals surface area contributed by atoms with Crippen LogP contribution in [0.2, 0.25) is 0 Å². The zero-order valence-electron chi connectivity index (χ0n) is 23.7. The first kappa shape index (κ1) is 29.5. The number of rotatable bonds is 5. The van der Waals surface area contributed by atoms with Crippen molar-refractivity contribution in [1.29, 1.82) is 0 Å². The Morgan fingerprint density at radius 2 is 1.82 bits per heavy atom. The van der Waals surface area contributed by atoms with Gasteiger partial charge in [0.25, 0.3) is 11.5 Å². The predicted octanol–water partition coefficient (Wildman–Crippen LogP) is 5.09. The van der Waals surface area contributed by atoms with Gasteiger partial charge in [0.15, 0.2) is 5.65 Å². The molecule has 1 amide bonds. The molecule has 5 rings (SSSR count). The Kier molecular flexibility index (Phi) is 10.4. The molecule has 0 unspecified atom stereocenters. The van der Waals surface area contributed by atoms with Gasteiger partial charge in [-0.3, -0.25) is 9.59 Å². The largest absolute Gasteiger partial charge is 0.353 e. The highest BCUT2D eigenvalue weighted by molar-refractivity contribution is 5.94. The fourth-order valence-corrected chi connectivity index (χ4v) is 4.46. The maximum Gasteiger partial charge on any atom is 0.263 e. The summed E-state index contributed by atoms with van der Waals surface area (Å²) in [6.45, 7) is 13.9. The third kappa shape index (κ3) is 7.10. The number of anilines is 1. The predicted molar refractivity (Wildman–Crippen MR) is 154 cm³/mol. The van der Waals surface area contributed by atoms with E-state index in [1.165, 1.54) is 12.1 Å². The molecule has 0 spiro atoms. The molecule has 39 heavy (non-hydrogen) atoms. The van der Waals surface area contributed by atoms with Crippen LogP contribution in [-0.2, 0) is 6.54 Å². The van der Waals surface area contributed by atoms with Crippen molar-refractivity contribution < 1.29 is 9.18 Å². The van der Waals surface area contributed by atoms with Gasteiger partial charge in [0.2, 0.25) is 0 Å². The molecule has 0 bridgehead atoms. The lowest BCUT2D eigenvalue weighted by Crippen LogP contribution is -2.41. The number of aromatic nitrogens is 4. The van der Waals surface area contributed by atoms with Crippen LogP contribution in [0.25, 0.3) is 5.65 Å². The van der Waals surface area contributed by atoms with Crippen LogP contribution in [0.15, 0.2) is 59.5 Å². The molecule has 1 aromatic carbocycles. The van der Waals surface area contributed by atoms with Crippen LogP contribution in [0.3, 0.4) is 0 Å². The van der Waals surface area contributed by atoms with Crippen LogP contribution in [0.4, 0.5) is 10.2 Å². The SMILES string of the molecule is CC.CCCn1c(C)c(C)cc(C(=O)N[C@H]2CCN(c3ccc4ncc(C)n4n3)C2)c1=O.Fc1ccccc1. The van der Waals surface area contributed by atoms with E-state index in [0.717, 1.165) is 47.8 Å². The average molecular weight is 535 g/mol. The number of benzene rings is 1. The topological polar surface area (TPSA) is 84.5 Å². The summed E-state index contributed by atoms with van der Waals surface area (Å²) in [7, 11) is 0. The number of aryl methyl sites for hydroxylation is 2. The smallest absolute Gasteiger partial charge is 0.263 e. The van der Waals surface area contributed by atoms with Crippen molar-refractivity contribution in [3.05, 3.63) is 93.4 Å². The monoisotopic (exact) mass is 534 g/mol. The number of carbonyl (C=O) groups is 1. The summed E-state index contributed by atoms with van der Waals surface area (Å²) in [6.07, 6.45) is 3.45. The first-order valence-electron chi connectivity index (χ1n) is 13.6. The lowest BCUT2D eigenvalue weighted by atomic mass is 10.1. The summed E-state index contributed by atoms with van der Waals surface area (Å²) >= 11 is 0. The van der Waals surface area contributed by atoms with Gasteiger partial charge in [-0.25, -0.2) is 13.9 Å². The maximum atomic E-state index is 12.9. The Labute approximate surface area is 229 Å². The first-order chi connectivity index (χ1) is 18.8. The zero-order chi connectivity index (χ0) is 28.5. The second-order valence-electron chi connectivity index (χ2n) is 9.34. The lowest BCUT2D eigenvalue weighted by Gasteiger charge is -2.18. The molecule has 3 aromatic heterocycles. The summed E-state index contributed by atoms with van der Waals surface area (Å²) < 4.78 is 15.4. The van der Waals surface area contributed by atoms with E-state index in [0.29, 0.717) is 13.1 Å². The van der Waals surface area contributed by atoms with E-state index in [4.69, 9.17) is 0 Å². The van der Waals surface area contributed by atoms with Crippen LogP contribution in [-0.4, -0.2) is 44.2 Å². The van der Waals surface area contributed by atoms with Crippen molar-refractivity contribution in [2.24, 2.45) is 0 Å². The van der Waals surface area contributed by atoms with Gasteiger partial charge in [-0.1, -0.05) is 39.0 Å². The molecule has 1 N–H and O–H groups in total. The third-order valence-electron chi connectivity index (χ3n) is 6.60. The number of hydrogen-bond donors (Lipinski definition) is 1. The Morgan fingerprint density at radius 1 is 1.10 bits per heavy atom. The minimum atomic E-state index is -0.298. The molecule has 4 heterocycles. The van der Waals surface area contributed by atoms with Crippen molar-refractivity contribution >= 4 is 17.4 Å². The number of hydrogen-bond acceptors (Lipinski definition) is 5. The van der Waals surface area contributed by atoms with E-state index in [-0.39, 0.29) is 28.9 Å². The van der Waals surface area contributed by atoms with Gasteiger partial charge in [-0.05, 0) is 69.5 Å². The quantitative estimate of drug-likeness (QED) is 0.386. The van der Waals surface area contributed by atoms with Gasteiger partial charge in [-0.15, -0.1) is 5.10 Å². The van der Waals surface area contributed by atoms with Gasteiger partial charge < -0.3 is 14.8 Å². The van der Waals surface area contributed by atoms with Gasteiger partial charge in [0, 0.05) is 31.4 Å². The van der Waals surface area contributed by atoms with Crippen LogP contribution in [0.5, 0.6) is 0 Å². The van der Waals surface area contributed by atoms with E-state index < -0.39 is 0 Å². The average Bonchev–Trinajstić information content (AvgIpc) is 3.57. The van der Waals surface area contributed by atoms with Gasteiger partial charge >= 0.3 is 0 Å². The molecule has 0 saturated carbocycles. The number of carbonyl (C=O) groups excluding carboxylic acids is 1. The van der Waals surface area contributed by atoms with E-state index in [1.54, 1.807) is 35.0 Å². The molecule has 1 atom stereocenters. The number of nitrogens with one attached hydrogen (secondary N) is 1. The Balaban J connectivity index is 0.000000401. The lowest BCUT2D eigenvalue weighted by molar-refractivity contribution is 0.0938. The molecule has 1 aliphatic rings. The molecule has 1 aliphatic heterocycles. The molecule has 1 fully saturated rings. The minimum absolute atomic E-state index is 0.0282. The highest BCUT2D eigenvalue weighted by Crippen LogP contribution is 2.19. The fourth-order valence-electron chi connectivity index (χ4n) is 4.46. The molecule has 1 saturated heterocycles. The number of imidazole rings is 1. The molecule has 208 valence electrons. The maximum absolute atomic E-state index is 12.9. The molecule has 9 heteroatoms. The highest BCUT2D eigenvalue weighted by atomic mass is 19.1. The van der Waals surface area contributed by atoms with Crippen LogP contribution in [0.1, 0.15) is 60.9 Å². The zero-order valence-corrected chi connectivity index (χ0v) is 23.7. The molecular formula is C30H39FN6O2. The van der Waals surface area contributed by atoms with Crippen molar-refractivity contribution in [3.63, 3.8) is 0 Å². The standard InChI is InChI=1S/C22H28N6O2.C6H5F.C2H6/c1-5-9-27-16(4)14(2)11-18(22(27)30)21(29)24-17-8-10-26(13-17)20-7-6-19-23-12-15(3)28(19)25-20;7-6-4-2-1-3-5-6;1-2/h6-7,11-12,17H,5,8-10,13H2,1-4H3,(H,24,29);1-5H;1-2H3/t17-;;/m0../s1. The summed E-state index contributed by atoms with van der Waals surface area (Å²) in [5, 5.41) is 7.72. The van der Waals surface area contributed by atoms with Crippen molar-refractivity contribution in [3.8, 4) is 0 Å². The summed E-state index contributed by atoms with van der Waals surface area (Å²) in [5.74, 6) is 0.382. The molecule has 0 radical (unpaired) electrons. The van der Waals surface area contributed by atoms with Crippen LogP contribution >= 0.6 is 0 Å². The van der Waals surface area contributed by atoms with Crippen molar-refractivity contribution in [2.45, 2.75) is 67.0 Å². The molecular weight excluding hydrogens is 495 g/mol. The Morgan fingerprint density at radius 3 is 2.46 bits per heavy atom. The van der Waals surface area contributed by atoms with Gasteiger partial charge in [0.1, 0.15) is 17.2 Å². The molecule has 4 aromatic rings. The first-order valence-corrected chi connectivity index (χ1v) is 13.6. The number of amides is 1. The minimum Gasteiger partial charge on any atom is -0.353 e. The number of nitrogens with zero attached hydrogens (tertiary/aromatic N) is 5. The van der Waals surface area contributed by atoms with Crippen molar-refractivity contribution in [2.75, 3.05) is 18.0 Å². The second-order valence-corrected chi connectivity index (χ2v) is 9.34. The third-order valence-corrected chi connectivity index (χ3v) is 6.60. The number of pyridine rings is 1. The van der Waals surface area contributed by atoms with E-state index in [1.807, 2.05) is 58.2 Å². The number of halogens is 1. The van der Waals surface area contributed by atoms with Crippen LogP contribution in [0, 0.1) is 26.6 Å². The van der Waals surface area contributed by atoms with Crippen LogP contribution < -0.4 is 15.8 Å². The number of fused-ring (bicyclic) bond motifs is 1. The highest BCUT2D eigenvalue weighted by Gasteiger charge is 2.27. The van der Waals surface area contributed by atoms with Crippen molar-refractivity contribution in [1.82, 2.24) is 24.5 Å². The van der Waals surface area contributed by atoms with E-state index in [9.17, 15) is 14.0 Å². The van der Waals surface area contributed by atoms with Gasteiger partial charge in [-0.2, -0.15) is 0 Å².